The number of halogens is 3. The maximum absolute atomic E-state index is 13.0. The SMILES string of the molecule is COc1cc(-c2ccc(C(F)(F)F)cc2)c(C#N)cc1-c1nccc2cc(S(=O)(=O)Nc3nncs3)ccc12. The van der Waals surface area contributed by atoms with E-state index in [1.165, 1.54) is 43.1 Å². The molecule has 0 atom stereocenters. The molecule has 0 fully saturated rings. The summed E-state index contributed by atoms with van der Waals surface area (Å²) in [5.41, 5.74) is 2.50. The molecule has 2 heterocycles. The molecule has 3 aromatic carbocycles. The molecule has 0 saturated heterocycles. The van der Waals surface area contributed by atoms with Crippen LogP contribution in [0, 0.1) is 11.3 Å². The molecular formula is C26H16F3N5O3S2. The Hall–Kier alpha value is -4.54. The Labute approximate surface area is 224 Å². The van der Waals surface area contributed by atoms with Crippen molar-refractivity contribution in [1.82, 2.24) is 15.2 Å². The van der Waals surface area contributed by atoms with Gasteiger partial charge in [-0.3, -0.25) is 9.71 Å². The van der Waals surface area contributed by atoms with E-state index in [0.29, 0.717) is 38.9 Å². The molecule has 0 bridgehead atoms. The summed E-state index contributed by atoms with van der Waals surface area (Å²) < 4.78 is 72.6. The molecule has 5 rings (SSSR count). The average molecular weight is 568 g/mol. The first-order valence-electron chi connectivity index (χ1n) is 11.1. The minimum absolute atomic E-state index is 0.00433. The number of nitriles is 1. The number of rotatable bonds is 6. The molecule has 8 nitrogen and oxygen atoms in total. The van der Waals surface area contributed by atoms with Gasteiger partial charge >= 0.3 is 6.18 Å². The van der Waals surface area contributed by atoms with Gasteiger partial charge in [0.05, 0.1) is 34.9 Å². The fourth-order valence-electron chi connectivity index (χ4n) is 4.03. The summed E-state index contributed by atoms with van der Waals surface area (Å²) in [6.45, 7) is 0. The molecule has 39 heavy (non-hydrogen) atoms. The Morgan fingerprint density at radius 2 is 1.79 bits per heavy atom. The second kappa shape index (κ2) is 9.97. The Morgan fingerprint density at radius 3 is 2.44 bits per heavy atom. The number of fused-ring (bicyclic) bond motifs is 1. The summed E-state index contributed by atoms with van der Waals surface area (Å²) in [4.78, 5) is 4.46. The smallest absolute Gasteiger partial charge is 0.416 e. The zero-order valence-electron chi connectivity index (χ0n) is 19.9. The summed E-state index contributed by atoms with van der Waals surface area (Å²) in [7, 11) is -2.50. The molecule has 0 amide bonds. The van der Waals surface area contributed by atoms with E-state index in [-0.39, 0.29) is 15.6 Å². The number of pyridine rings is 1. The molecule has 0 unspecified atom stereocenters. The van der Waals surface area contributed by atoms with Crippen LogP contribution in [0.3, 0.4) is 0 Å². The molecule has 2 aromatic heterocycles. The lowest BCUT2D eigenvalue weighted by Gasteiger charge is -2.15. The van der Waals surface area contributed by atoms with E-state index in [1.54, 1.807) is 24.3 Å². The number of sulfonamides is 1. The second-order valence-electron chi connectivity index (χ2n) is 8.18. The van der Waals surface area contributed by atoms with Crippen LogP contribution in [0.1, 0.15) is 11.1 Å². The van der Waals surface area contributed by atoms with E-state index >= 15 is 0 Å². The van der Waals surface area contributed by atoms with Crippen LogP contribution in [0.2, 0.25) is 0 Å². The Balaban J connectivity index is 1.59. The van der Waals surface area contributed by atoms with Crippen molar-refractivity contribution in [2.45, 2.75) is 11.1 Å². The summed E-state index contributed by atoms with van der Waals surface area (Å²) in [5.74, 6) is 0.332. The first-order valence-corrected chi connectivity index (χ1v) is 13.4. The fourth-order valence-corrected chi connectivity index (χ4v) is 5.76. The molecule has 0 saturated carbocycles. The van der Waals surface area contributed by atoms with Gasteiger partial charge in [0, 0.05) is 22.7 Å². The van der Waals surface area contributed by atoms with Crippen LogP contribution < -0.4 is 9.46 Å². The van der Waals surface area contributed by atoms with E-state index in [2.05, 4.69) is 26.0 Å². The highest BCUT2D eigenvalue weighted by Crippen LogP contribution is 2.40. The van der Waals surface area contributed by atoms with Crippen LogP contribution >= 0.6 is 11.3 Å². The van der Waals surface area contributed by atoms with Crippen molar-refractivity contribution in [3.63, 3.8) is 0 Å². The lowest BCUT2D eigenvalue weighted by molar-refractivity contribution is -0.137. The Kier molecular flexibility index (Phi) is 6.67. The van der Waals surface area contributed by atoms with Crippen molar-refractivity contribution in [3.8, 4) is 34.2 Å². The van der Waals surface area contributed by atoms with Gasteiger partial charge in [0.25, 0.3) is 10.0 Å². The van der Waals surface area contributed by atoms with E-state index in [4.69, 9.17) is 4.74 Å². The highest BCUT2D eigenvalue weighted by atomic mass is 32.2. The van der Waals surface area contributed by atoms with Crippen LogP contribution in [0.4, 0.5) is 18.3 Å². The van der Waals surface area contributed by atoms with Gasteiger partial charge in [-0.2, -0.15) is 18.4 Å². The van der Waals surface area contributed by atoms with E-state index < -0.39 is 21.8 Å². The number of hydrogen-bond donors (Lipinski definition) is 1. The van der Waals surface area contributed by atoms with Crippen LogP contribution in [0.25, 0.3) is 33.2 Å². The first kappa shape index (κ1) is 26.1. The summed E-state index contributed by atoms with van der Waals surface area (Å²) in [5, 5.41) is 18.5. The monoisotopic (exact) mass is 567 g/mol. The molecule has 5 aromatic rings. The lowest BCUT2D eigenvalue weighted by atomic mass is 9.94. The van der Waals surface area contributed by atoms with Crippen molar-refractivity contribution in [1.29, 1.82) is 5.26 Å². The summed E-state index contributed by atoms with van der Waals surface area (Å²) in [6.07, 6.45) is -2.98. The predicted molar refractivity (Wildman–Crippen MR) is 140 cm³/mol. The number of benzene rings is 3. The molecule has 196 valence electrons. The van der Waals surface area contributed by atoms with Crippen molar-refractivity contribution >= 4 is 37.3 Å². The number of aromatic nitrogens is 3. The molecule has 0 aliphatic rings. The third kappa shape index (κ3) is 5.12. The maximum Gasteiger partial charge on any atom is 0.416 e. The summed E-state index contributed by atoms with van der Waals surface area (Å²) in [6, 6.07) is 15.9. The van der Waals surface area contributed by atoms with Crippen LogP contribution in [0.5, 0.6) is 5.75 Å². The van der Waals surface area contributed by atoms with Crippen molar-refractivity contribution in [2.75, 3.05) is 11.8 Å². The molecule has 0 aliphatic heterocycles. The van der Waals surface area contributed by atoms with Gasteiger partial charge in [0.2, 0.25) is 5.13 Å². The first-order chi connectivity index (χ1) is 18.6. The molecule has 1 N–H and O–H groups in total. The highest BCUT2D eigenvalue weighted by molar-refractivity contribution is 7.93. The van der Waals surface area contributed by atoms with E-state index in [1.807, 2.05) is 0 Å². The quantitative estimate of drug-likeness (QED) is 0.263. The molecular weight excluding hydrogens is 551 g/mol. The second-order valence-corrected chi connectivity index (χ2v) is 10.7. The number of hydrogen-bond acceptors (Lipinski definition) is 8. The average Bonchev–Trinajstić information content (AvgIpc) is 3.43. The molecule has 0 spiro atoms. The normalized spacial score (nSPS) is 11.8. The van der Waals surface area contributed by atoms with Gasteiger partial charge in [-0.1, -0.05) is 29.5 Å². The van der Waals surface area contributed by atoms with Crippen molar-refractivity contribution < 1.29 is 26.3 Å². The molecule has 0 aliphatic carbocycles. The minimum atomic E-state index is -4.48. The Bertz CT molecular complexity index is 1830. The number of nitrogens with one attached hydrogen (secondary N) is 1. The number of nitrogens with zero attached hydrogens (tertiary/aromatic N) is 4. The number of alkyl halides is 3. The molecule has 0 radical (unpaired) electrons. The number of ether oxygens (including phenoxy) is 1. The van der Waals surface area contributed by atoms with E-state index in [0.717, 1.165) is 23.5 Å². The zero-order chi connectivity index (χ0) is 27.8. The molecule has 13 heteroatoms. The maximum atomic E-state index is 13.0. The van der Waals surface area contributed by atoms with Gasteiger partial charge in [-0.15, -0.1) is 10.2 Å². The fraction of sp³-hybridized carbons (Fsp3) is 0.0769. The predicted octanol–water partition coefficient (Wildman–Crippen LogP) is 6.12. The van der Waals surface area contributed by atoms with Gasteiger partial charge in [-0.25, -0.2) is 8.42 Å². The van der Waals surface area contributed by atoms with Crippen molar-refractivity contribution in [2.24, 2.45) is 0 Å². The van der Waals surface area contributed by atoms with Gasteiger partial charge < -0.3 is 4.74 Å². The zero-order valence-corrected chi connectivity index (χ0v) is 21.5. The van der Waals surface area contributed by atoms with Crippen LogP contribution in [-0.2, 0) is 16.2 Å². The largest absolute Gasteiger partial charge is 0.496 e. The standard InChI is InChI=1S/C26H16F3N5O3S2/c1-37-23-12-21(15-2-4-18(5-3-15)26(27,28)29)17(13-30)11-22(23)24-20-7-6-19(10-16(20)8-9-31-24)39(35,36)34-25-33-32-14-38-25/h2-12,14H,1H3,(H,33,34). The third-order valence-corrected chi connectivity index (χ3v) is 7.94. The lowest BCUT2D eigenvalue weighted by Crippen LogP contribution is -2.12. The van der Waals surface area contributed by atoms with Crippen LogP contribution in [-0.4, -0.2) is 30.7 Å². The highest BCUT2D eigenvalue weighted by Gasteiger charge is 2.30. The van der Waals surface area contributed by atoms with Crippen LogP contribution in [0.15, 0.2) is 77.3 Å². The van der Waals surface area contributed by atoms with Gasteiger partial charge in [0.15, 0.2) is 0 Å². The third-order valence-electron chi connectivity index (χ3n) is 5.87. The number of anilines is 1. The van der Waals surface area contributed by atoms with Gasteiger partial charge in [-0.05, 0) is 53.4 Å². The summed E-state index contributed by atoms with van der Waals surface area (Å²) >= 11 is 1.04. The van der Waals surface area contributed by atoms with Crippen molar-refractivity contribution in [3.05, 3.63) is 83.5 Å². The van der Waals surface area contributed by atoms with Gasteiger partial charge in [0.1, 0.15) is 11.3 Å². The minimum Gasteiger partial charge on any atom is -0.496 e. The topological polar surface area (TPSA) is 118 Å². The Morgan fingerprint density at radius 1 is 1.03 bits per heavy atom. The number of methoxy groups -OCH3 is 1. The van der Waals surface area contributed by atoms with E-state index in [9.17, 15) is 26.9 Å².